The van der Waals surface area contributed by atoms with Crippen LogP contribution >= 0.6 is 0 Å². The van der Waals surface area contributed by atoms with Gasteiger partial charge in [0.2, 0.25) is 10.0 Å². The molecule has 0 radical (unpaired) electrons. The molecule has 0 N–H and O–H groups in total. The summed E-state index contributed by atoms with van der Waals surface area (Å²) in [5.41, 5.74) is 2.79. The number of imidazole rings is 1. The monoisotopic (exact) mass is 413 g/mol. The first-order valence-electron chi connectivity index (χ1n) is 9.91. The lowest BCUT2D eigenvalue weighted by atomic mass is 10.0. The van der Waals surface area contributed by atoms with Crippen LogP contribution in [0.5, 0.6) is 11.5 Å². The summed E-state index contributed by atoms with van der Waals surface area (Å²) >= 11 is 0. The minimum Gasteiger partial charge on any atom is -0.486 e. The Labute approximate surface area is 169 Å². The lowest BCUT2D eigenvalue weighted by Crippen LogP contribution is -2.34. The Balaban J connectivity index is 1.36. The van der Waals surface area contributed by atoms with Gasteiger partial charge in [-0.1, -0.05) is 18.2 Å². The number of benzene rings is 2. The summed E-state index contributed by atoms with van der Waals surface area (Å²) in [6, 6.07) is 13.4. The van der Waals surface area contributed by atoms with E-state index in [-0.39, 0.29) is 11.8 Å². The van der Waals surface area contributed by atoms with Crippen molar-refractivity contribution in [2.24, 2.45) is 0 Å². The average molecular weight is 413 g/mol. The second-order valence-corrected chi connectivity index (χ2v) is 9.46. The fourth-order valence-corrected chi connectivity index (χ4v) is 5.88. The molecule has 1 saturated heterocycles. The number of hydrogen-bond donors (Lipinski definition) is 0. The fourth-order valence-electron chi connectivity index (χ4n) is 4.19. The van der Waals surface area contributed by atoms with E-state index in [9.17, 15) is 8.42 Å². The third-order valence-corrected chi connectivity index (χ3v) is 7.48. The van der Waals surface area contributed by atoms with Crippen LogP contribution in [0, 0.1) is 0 Å². The first kappa shape index (κ1) is 18.4. The van der Waals surface area contributed by atoms with E-state index in [4.69, 9.17) is 9.47 Å². The summed E-state index contributed by atoms with van der Waals surface area (Å²) in [5.74, 6) is 1.47. The van der Waals surface area contributed by atoms with Crippen molar-refractivity contribution in [2.45, 2.75) is 25.4 Å². The normalized spacial score (nSPS) is 19.7. The van der Waals surface area contributed by atoms with Gasteiger partial charge in [0.05, 0.1) is 23.1 Å². The molecule has 1 atom stereocenters. The molecule has 0 bridgehead atoms. The van der Waals surface area contributed by atoms with Gasteiger partial charge in [-0.2, -0.15) is 4.31 Å². The van der Waals surface area contributed by atoms with Crippen molar-refractivity contribution in [3.05, 3.63) is 54.4 Å². The molecule has 8 heteroatoms. The van der Waals surface area contributed by atoms with Gasteiger partial charge in [-0.25, -0.2) is 13.4 Å². The van der Waals surface area contributed by atoms with E-state index >= 15 is 0 Å². The van der Waals surface area contributed by atoms with Crippen LogP contribution in [0.1, 0.15) is 24.4 Å². The van der Waals surface area contributed by atoms with Gasteiger partial charge < -0.3 is 14.0 Å². The maximum Gasteiger partial charge on any atom is 0.216 e. The van der Waals surface area contributed by atoms with Gasteiger partial charge in [0, 0.05) is 19.1 Å². The van der Waals surface area contributed by atoms with Crippen LogP contribution in [-0.4, -0.2) is 47.8 Å². The molecule has 29 heavy (non-hydrogen) atoms. The van der Waals surface area contributed by atoms with E-state index in [1.807, 2.05) is 47.0 Å². The van der Waals surface area contributed by atoms with Gasteiger partial charge in [-0.05, 0) is 42.7 Å². The van der Waals surface area contributed by atoms with Crippen molar-refractivity contribution in [2.75, 3.05) is 25.5 Å². The largest absolute Gasteiger partial charge is 0.486 e. The van der Waals surface area contributed by atoms with Crippen molar-refractivity contribution in [1.29, 1.82) is 0 Å². The van der Waals surface area contributed by atoms with E-state index in [1.54, 1.807) is 10.6 Å². The predicted octanol–water partition coefficient (Wildman–Crippen LogP) is 2.97. The molecular weight excluding hydrogens is 390 g/mol. The molecule has 5 rings (SSSR count). The zero-order valence-corrected chi connectivity index (χ0v) is 16.8. The first-order valence-corrected chi connectivity index (χ1v) is 11.5. The second kappa shape index (κ2) is 7.35. The average Bonchev–Trinajstić information content (AvgIpc) is 3.40. The number of ether oxygens (including phenoxy) is 2. The van der Waals surface area contributed by atoms with E-state index in [0.717, 1.165) is 35.2 Å². The zero-order valence-electron chi connectivity index (χ0n) is 16.0. The Bertz CT molecular complexity index is 1140. The lowest BCUT2D eigenvalue weighted by molar-refractivity contribution is 0.171. The Hall–Kier alpha value is -2.58. The molecular formula is C21H23N3O4S. The number of nitrogens with zero attached hydrogens (tertiary/aromatic N) is 3. The Kier molecular flexibility index (Phi) is 4.67. The smallest absolute Gasteiger partial charge is 0.216 e. The number of sulfonamides is 1. The molecule has 0 saturated carbocycles. The van der Waals surface area contributed by atoms with Crippen molar-refractivity contribution in [1.82, 2.24) is 13.9 Å². The van der Waals surface area contributed by atoms with Crippen LogP contribution in [-0.2, 0) is 16.6 Å². The van der Waals surface area contributed by atoms with E-state index in [0.29, 0.717) is 32.1 Å². The minimum atomic E-state index is -3.41. The summed E-state index contributed by atoms with van der Waals surface area (Å²) in [6.07, 6.45) is 3.38. The van der Waals surface area contributed by atoms with E-state index in [1.165, 1.54) is 0 Å². The summed E-state index contributed by atoms with van der Waals surface area (Å²) in [6.45, 7) is 1.99. The molecule has 2 aliphatic heterocycles. The van der Waals surface area contributed by atoms with Crippen molar-refractivity contribution < 1.29 is 17.9 Å². The molecule has 1 aromatic heterocycles. The maximum absolute atomic E-state index is 13.2. The SMILES string of the molecule is O=S(=O)(CCn1cnc2ccccc21)N1CCC[C@@H]1c1ccc2c(c1)OCCO2. The van der Waals surface area contributed by atoms with Crippen LogP contribution in [0.2, 0.25) is 0 Å². The highest BCUT2D eigenvalue weighted by atomic mass is 32.2. The van der Waals surface area contributed by atoms with Crippen molar-refractivity contribution in [3.8, 4) is 11.5 Å². The van der Waals surface area contributed by atoms with Crippen LogP contribution in [0.25, 0.3) is 11.0 Å². The molecule has 1 fully saturated rings. The van der Waals surface area contributed by atoms with Crippen LogP contribution in [0.4, 0.5) is 0 Å². The molecule has 0 amide bonds. The molecule has 3 aromatic rings. The van der Waals surface area contributed by atoms with Crippen LogP contribution < -0.4 is 9.47 Å². The number of aromatic nitrogens is 2. The molecule has 2 aliphatic rings. The van der Waals surface area contributed by atoms with E-state index in [2.05, 4.69) is 4.98 Å². The maximum atomic E-state index is 13.2. The molecule has 7 nitrogen and oxygen atoms in total. The van der Waals surface area contributed by atoms with Crippen molar-refractivity contribution >= 4 is 21.1 Å². The standard InChI is InChI=1S/C21H23N3O4S/c25-29(26,13-10-23-15-22-17-4-1-2-5-19(17)23)24-9-3-6-18(24)16-7-8-20-21(14-16)28-12-11-27-20/h1-2,4-5,7-8,14-15,18H,3,6,9-13H2/t18-/m1/s1. The van der Waals surface area contributed by atoms with Gasteiger partial charge in [0.1, 0.15) is 13.2 Å². The molecule has 2 aromatic carbocycles. The number of para-hydroxylation sites is 2. The second-order valence-electron chi connectivity index (χ2n) is 7.41. The summed E-state index contributed by atoms with van der Waals surface area (Å²) in [7, 11) is -3.41. The predicted molar refractivity (Wildman–Crippen MR) is 110 cm³/mol. The first-order chi connectivity index (χ1) is 14.1. The number of fused-ring (bicyclic) bond motifs is 2. The molecule has 0 spiro atoms. The minimum absolute atomic E-state index is 0.0500. The highest BCUT2D eigenvalue weighted by Crippen LogP contribution is 2.39. The third kappa shape index (κ3) is 3.47. The highest BCUT2D eigenvalue weighted by molar-refractivity contribution is 7.89. The Morgan fingerprint density at radius 1 is 1.07 bits per heavy atom. The van der Waals surface area contributed by atoms with E-state index < -0.39 is 10.0 Å². The van der Waals surface area contributed by atoms with Gasteiger partial charge in [0.25, 0.3) is 0 Å². The quantitative estimate of drug-likeness (QED) is 0.643. The topological polar surface area (TPSA) is 73.7 Å². The summed E-state index contributed by atoms with van der Waals surface area (Å²) in [4.78, 5) is 4.35. The van der Waals surface area contributed by atoms with Gasteiger partial charge >= 0.3 is 0 Å². The fraction of sp³-hybridized carbons (Fsp3) is 0.381. The van der Waals surface area contributed by atoms with Gasteiger partial charge in [-0.15, -0.1) is 0 Å². The van der Waals surface area contributed by atoms with Gasteiger partial charge in [-0.3, -0.25) is 0 Å². The van der Waals surface area contributed by atoms with Gasteiger partial charge in [0.15, 0.2) is 11.5 Å². The van der Waals surface area contributed by atoms with Crippen LogP contribution in [0.3, 0.4) is 0 Å². The molecule has 152 valence electrons. The number of rotatable bonds is 5. The summed E-state index contributed by atoms with van der Waals surface area (Å²) in [5, 5.41) is 0. The molecule has 0 aliphatic carbocycles. The van der Waals surface area contributed by atoms with Crippen LogP contribution in [0.15, 0.2) is 48.8 Å². The number of aryl methyl sites for hydroxylation is 1. The zero-order chi connectivity index (χ0) is 19.8. The lowest BCUT2D eigenvalue weighted by Gasteiger charge is -2.26. The van der Waals surface area contributed by atoms with Crippen molar-refractivity contribution in [3.63, 3.8) is 0 Å². The Morgan fingerprint density at radius 2 is 1.90 bits per heavy atom. The number of hydrogen-bond acceptors (Lipinski definition) is 5. The Morgan fingerprint density at radius 3 is 2.79 bits per heavy atom. The summed E-state index contributed by atoms with van der Waals surface area (Å²) < 4.78 is 41.2. The third-order valence-electron chi connectivity index (χ3n) is 5.63. The highest BCUT2D eigenvalue weighted by Gasteiger charge is 2.35. The molecule has 0 unspecified atom stereocenters. The molecule has 3 heterocycles.